The Bertz CT molecular complexity index is 1960. The number of fused-ring (bicyclic) bond motifs is 2. The second-order valence-electron chi connectivity index (χ2n) is 9.40. The van der Waals surface area contributed by atoms with E-state index in [-0.39, 0.29) is 52.9 Å². The van der Waals surface area contributed by atoms with Gasteiger partial charge < -0.3 is 18.8 Å². The molecule has 0 aliphatic heterocycles. The number of nitrogens with zero attached hydrogens (tertiary/aromatic N) is 4. The Hall–Kier alpha value is -4.84. The number of anilines is 1. The van der Waals surface area contributed by atoms with Gasteiger partial charge in [-0.3, -0.25) is 0 Å². The normalized spacial score (nSPS) is 11.3. The molecule has 0 saturated carbocycles. The zero-order valence-electron chi connectivity index (χ0n) is 24.6. The van der Waals surface area contributed by atoms with Crippen LogP contribution in [0.25, 0.3) is 31.8 Å². The molecule has 0 fully saturated rings. The maximum absolute atomic E-state index is 13.6. The van der Waals surface area contributed by atoms with Gasteiger partial charge in [0, 0.05) is 55.5 Å². The van der Waals surface area contributed by atoms with Gasteiger partial charge in [-0.2, -0.15) is 9.57 Å². The topological polar surface area (TPSA) is 160 Å². The molecule has 45 heavy (non-hydrogen) atoms. The van der Waals surface area contributed by atoms with Crippen molar-refractivity contribution in [2.45, 2.75) is 18.7 Å². The van der Waals surface area contributed by atoms with Crippen LogP contribution in [0.4, 0.5) is 5.69 Å². The largest absolute Gasteiger partial charge is 0.461 e. The van der Waals surface area contributed by atoms with Gasteiger partial charge in [-0.1, -0.05) is 13.2 Å². The predicted molar refractivity (Wildman–Crippen MR) is 170 cm³/mol. The van der Waals surface area contributed by atoms with Gasteiger partial charge in [-0.15, -0.1) is 11.3 Å². The first kappa shape index (κ1) is 33.1. The zero-order valence-corrected chi connectivity index (χ0v) is 26.3. The summed E-state index contributed by atoms with van der Waals surface area (Å²) in [7, 11) is -4.18. The number of hydrogen-bond acceptors (Lipinski definition) is 12. The van der Waals surface area contributed by atoms with E-state index in [1.807, 2.05) is 19.9 Å². The van der Waals surface area contributed by atoms with Crippen LogP contribution < -0.4 is 10.5 Å². The summed E-state index contributed by atoms with van der Waals surface area (Å²) in [5.74, 6) is -1.44. The van der Waals surface area contributed by atoms with Crippen LogP contribution in [0.2, 0.25) is 0 Å². The molecule has 0 radical (unpaired) electrons. The van der Waals surface area contributed by atoms with Crippen molar-refractivity contribution in [2.24, 2.45) is 0 Å². The molecular weight excluding hydrogens is 620 g/mol. The van der Waals surface area contributed by atoms with Gasteiger partial charge >= 0.3 is 17.6 Å². The number of thiazole rings is 1. The molecule has 0 atom stereocenters. The lowest BCUT2D eigenvalue weighted by Gasteiger charge is -2.21. The molecule has 0 aliphatic carbocycles. The average molecular weight is 651 g/mol. The number of ether oxygens (including phenoxy) is 2. The molecule has 234 valence electrons. The van der Waals surface area contributed by atoms with E-state index in [0.717, 1.165) is 46.6 Å². The van der Waals surface area contributed by atoms with E-state index in [1.54, 1.807) is 12.1 Å². The van der Waals surface area contributed by atoms with Crippen LogP contribution in [0.15, 0.2) is 75.8 Å². The van der Waals surface area contributed by atoms with Gasteiger partial charge in [-0.25, -0.2) is 27.8 Å². The predicted octanol–water partition coefficient (Wildman–Crippen LogP) is 4.24. The molecule has 4 aromatic rings. The van der Waals surface area contributed by atoms with Crippen molar-refractivity contribution in [1.82, 2.24) is 9.29 Å². The fraction of sp³-hybridized carbons (Fsp3) is 0.258. The van der Waals surface area contributed by atoms with Crippen molar-refractivity contribution in [1.29, 1.82) is 5.26 Å². The lowest BCUT2D eigenvalue weighted by molar-refractivity contribution is -0.137. The van der Waals surface area contributed by atoms with E-state index in [2.05, 4.69) is 29.1 Å². The molecule has 2 heterocycles. The number of carbonyl (C=O) groups excluding carboxylic acids is 2. The van der Waals surface area contributed by atoms with E-state index in [9.17, 15) is 28.1 Å². The smallest absolute Gasteiger partial charge is 0.348 e. The highest BCUT2D eigenvalue weighted by atomic mass is 32.2. The summed E-state index contributed by atoms with van der Waals surface area (Å²) < 4.78 is 44.3. The standard InChI is InChI=1S/C31H30N4O8S2/c1-5-27(36)41-15-13-35(14-16-42-28(37)6-2)45(39,40)21-10-12-24-26(18-21)44-30(33-24)29-23(19-32)22-11-9-20(34(7-3)8-4)17-25(22)43-31(29)38/h5-6,9-12,17-18H,1-2,7-8,13-16H2,3-4H3. The van der Waals surface area contributed by atoms with E-state index < -0.39 is 27.6 Å². The van der Waals surface area contributed by atoms with E-state index in [1.165, 1.54) is 18.2 Å². The van der Waals surface area contributed by atoms with Gasteiger partial charge in [0.05, 0.1) is 20.7 Å². The zero-order chi connectivity index (χ0) is 32.7. The van der Waals surface area contributed by atoms with Crippen molar-refractivity contribution >= 4 is 60.2 Å². The van der Waals surface area contributed by atoms with Gasteiger partial charge in [0.1, 0.15) is 35.4 Å². The summed E-state index contributed by atoms with van der Waals surface area (Å²) in [5.41, 5.74) is 0.886. The number of benzene rings is 2. The van der Waals surface area contributed by atoms with E-state index in [4.69, 9.17) is 13.9 Å². The maximum Gasteiger partial charge on any atom is 0.348 e. The number of esters is 2. The Kier molecular flexibility index (Phi) is 10.5. The van der Waals surface area contributed by atoms with Crippen LogP contribution >= 0.6 is 11.3 Å². The van der Waals surface area contributed by atoms with Crippen molar-refractivity contribution < 1.29 is 31.9 Å². The maximum atomic E-state index is 13.6. The Labute approximate surface area is 263 Å². The first-order valence-electron chi connectivity index (χ1n) is 13.8. The lowest BCUT2D eigenvalue weighted by Crippen LogP contribution is -2.37. The van der Waals surface area contributed by atoms with Crippen LogP contribution in [0.3, 0.4) is 0 Å². The Morgan fingerprint density at radius 1 is 1.04 bits per heavy atom. The highest BCUT2D eigenvalue weighted by Gasteiger charge is 2.27. The third-order valence-corrected chi connectivity index (χ3v) is 9.78. The molecule has 0 spiro atoms. The summed E-state index contributed by atoms with van der Waals surface area (Å²) in [6.07, 6.45) is 1.91. The second-order valence-corrected chi connectivity index (χ2v) is 12.4. The minimum atomic E-state index is -4.18. The SMILES string of the molecule is C=CC(=O)OCCN(CCOC(=O)C=C)S(=O)(=O)c1ccc2nc(-c3c(C#N)c4ccc(N(CC)CC)cc4oc3=O)sc2c1. The number of rotatable bonds is 14. The quantitative estimate of drug-likeness (QED) is 0.109. The average Bonchev–Trinajstić information content (AvgIpc) is 3.46. The van der Waals surface area contributed by atoms with E-state index >= 15 is 0 Å². The summed E-state index contributed by atoms with van der Waals surface area (Å²) in [6.45, 7) is 11.2. The highest BCUT2D eigenvalue weighted by molar-refractivity contribution is 7.89. The van der Waals surface area contributed by atoms with Crippen molar-refractivity contribution in [2.75, 3.05) is 44.3 Å². The third-order valence-electron chi connectivity index (χ3n) is 6.85. The molecule has 0 amide bonds. The number of carbonyl (C=O) groups is 2. The van der Waals surface area contributed by atoms with E-state index in [0.29, 0.717) is 15.6 Å². The lowest BCUT2D eigenvalue weighted by atomic mass is 10.1. The Balaban J connectivity index is 1.72. The number of nitriles is 1. The molecular formula is C31H30N4O8S2. The first-order chi connectivity index (χ1) is 21.6. The molecule has 0 unspecified atom stereocenters. The van der Waals surface area contributed by atoms with Crippen molar-refractivity contribution in [3.8, 4) is 16.6 Å². The summed E-state index contributed by atoms with van der Waals surface area (Å²) >= 11 is 1.04. The molecule has 0 N–H and O–H groups in total. The van der Waals surface area contributed by atoms with Gasteiger partial charge in [-0.05, 0) is 44.2 Å². The van der Waals surface area contributed by atoms with Gasteiger partial charge in [0.15, 0.2) is 0 Å². The molecule has 0 aliphatic rings. The number of sulfonamides is 1. The molecule has 12 nitrogen and oxygen atoms in total. The number of aromatic nitrogens is 1. The summed E-state index contributed by atoms with van der Waals surface area (Å²) in [5, 5.41) is 10.7. The Morgan fingerprint density at radius 2 is 1.69 bits per heavy atom. The van der Waals surface area contributed by atoms with Crippen LogP contribution in [-0.2, 0) is 29.1 Å². The summed E-state index contributed by atoms with van der Waals surface area (Å²) in [6, 6.07) is 11.7. The minimum Gasteiger partial charge on any atom is -0.461 e. The van der Waals surface area contributed by atoms with Crippen LogP contribution in [0, 0.1) is 11.3 Å². The first-order valence-corrected chi connectivity index (χ1v) is 16.1. The third kappa shape index (κ3) is 7.12. The fourth-order valence-electron chi connectivity index (χ4n) is 4.57. The van der Waals surface area contributed by atoms with Gasteiger partial charge in [0.2, 0.25) is 10.0 Å². The van der Waals surface area contributed by atoms with Crippen molar-refractivity contribution in [3.05, 3.63) is 77.7 Å². The van der Waals surface area contributed by atoms with Gasteiger partial charge in [0.25, 0.3) is 0 Å². The second kappa shape index (κ2) is 14.3. The highest BCUT2D eigenvalue weighted by Crippen LogP contribution is 2.35. The number of hydrogen-bond donors (Lipinski definition) is 0. The molecule has 2 aromatic heterocycles. The van der Waals surface area contributed by atoms with Crippen molar-refractivity contribution in [3.63, 3.8) is 0 Å². The van der Waals surface area contributed by atoms with Crippen LogP contribution in [0.1, 0.15) is 19.4 Å². The monoisotopic (exact) mass is 650 g/mol. The summed E-state index contributed by atoms with van der Waals surface area (Å²) in [4.78, 5) is 42.7. The fourth-order valence-corrected chi connectivity index (χ4v) is 7.13. The molecule has 0 bridgehead atoms. The molecule has 2 aromatic carbocycles. The Morgan fingerprint density at radius 3 is 2.27 bits per heavy atom. The molecule has 4 rings (SSSR count). The molecule has 14 heteroatoms. The minimum absolute atomic E-state index is 0.0131. The van der Waals surface area contributed by atoms with Crippen LogP contribution in [-0.4, -0.2) is 69.0 Å². The molecule has 0 saturated heterocycles. The van der Waals surface area contributed by atoms with Crippen LogP contribution in [0.5, 0.6) is 0 Å².